The van der Waals surface area contributed by atoms with Crippen molar-refractivity contribution < 1.29 is 24.2 Å². The second-order valence-electron chi connectivity index (χ2n) is 5.51. The molecule has 0 heterocycles. The molecule has 6 heteroatoms. The van der Waals surface area contributed by atoms with Crippen LogP contribution in [0.25, 0.3) is 0 Å². The van der Waals surface area contributed by atoms with E-state index in [0.717, 1.165) is 0 Å². The highest BCUT2D eigenvalue weighted by molar-refractivity contribution is 5.68. The number of ether oxygens (including phenoxy) is 2. The van der Waals surface area contributed by atoms with Crippen LogP contribution in [0.3, 0.4) is 0 Å². The fraction of sp³-hybridized carbons (Fsp3) is 0.714. The molecule has 116 valence electrons. The maximum absolute atomic E-state index is 11.4. The van der Waals surface area contributed by atoms with Gasteiger partial charge in [-0.2, -0.15) is 0 Å². The van der Waals surface area contributed by atoms with Gasteiger partial charge in [-0.1, -0.05) is 6.08 Å². The van der Waals surface area contributed by atoms with E-state index in [1.807, 2.05) is 0 Å². The fourth-order valence-electron chi connectivity index (χ4n) is 1.50. The molecule has 2 N–H and O–H groups in total. The van der Waals surface area contributed by atoms with Crippen LogP contribution in [-0.2, 0) is 14.3 Å². The monoisotopic (exact) mass is 287 g/mol. The number of carboxylic acids is 1. The second kappa shape index (κ2) is 9.36. The van der Waals surface area contributed by atoms with Gasteiger partial charge in [-0.3, -0.25) is 4.79 Å². The lowest BCUT2D eigenvalue weighted by Crippen LogP contribution is -2.34. The lowest BCUT2D eigenvalue weighted by atomic mass is 10.0. The average molecular weight is 287 g/mol. The van der Waals surface area contributed by atoms with E-state index in [2.05, 4.69) is 11.9 Å². The lowest BCUT2D eigenvalue weighted by Gasteiger charge is -2.20. The third-order valence-corrected chi connectivity index (χ3v) is 2.27. The van der Waals surface area contributed by atoms with Gasteiger partial charge in [0.05, 0.1) is 19.6 Å². The molecule has 0 aliphatic rings. The Balaban J connectivity index is 4.02. The summed E-state index contributed by atoms with van der Waals surface area (Å²) in [6, 6.07) is 0. The van der Waals surface area contributed by atoms with Gasteiger partial charge in [-0.15, -0.1) is 6.58 Å². The predicted octanol–water partition coefficient (Wildman–Crippen LogP) is 2.19. The first kappa shape index (κ1) is 18.4. The van der Waals surface area contributed by atoms with Crippen LogP contribution in [0.15, 0.2) is 12.7 Å². The Morgan fingerprint density at radius 1 is 1.40 bits per heavy atom. The third-order valence-electron chi connectivity index (χ3n) is 2.27. The molecule has 1 atom stereocenters. The summed E-state index contributed by atoms with van der Waals surface area (Å²) in [5, 5.41) is 11.4. The van der Waals surface area contributed by atoms with Gasteiger partial charge in [0.1, 0.15) is 5.60 Å². The van der Waals surface area contributed by atoms with Crippen LogP contribution in [0.1, 0.15) is 33.6 Å². The molecule has 20 heavy (non-hydrogen) atoms. The molecule has 0 aromatic heterocycles. The molecular weight excluding hydrogens is 262 g/mol. The van der Waals surface area contributed by atoms with E-state index in [1.54, 1.807) is 26.8 Å². The van der Waals surface area contributed by atoms with E-state index in [4.69, 9.17) is 14.6 Å². The average Bonchev–Trinajstić information content (AvgIpc) is 2.25. The first-order valence-electron chi connectivity index (χ1n) is 6.62. The maximum atomic E-state index is 11.4. The number of carboxylic acid groups (broad SMARTS) is 1. The number of nitrogens with one attached hydrogen (secondary N) is 1. The molecule has 6 nitrogen and oxygen atoms in total. The predicted molar refractivity (Wildman–Crippen MR) is 75.6 cm³/mol. The fourth-order valence-corrected chi connectivity index (χ4v) is 1.50. The highest BCUT2D eigenvalue weighted by atomic mass is 16.6. The second-order valence-corrected chi connectivity index (χ2v) is 5.51. The Morgan fingerprint density at radius 3 is 2.55 bits per heavy atom. The van der Waals surface area contributed by atoms with Crippen LogP contribution in [0, 0.1) is 5.92 Å². The minimum absolute atomic E-state index is 0.00708. The zero-order valence-corrected chi connectivity index (χ0v) is 12.5. The number of rotatable bonds is 9. The number of aliphatic carboxylic acids is 1. The molecule has 0 aliphatic heterocycles. The van der Waals surface area contributed by atoms with Crippen molar-refractivity contribution in [3.63, 3.8) is 0 Å². The zero-order chi connectivity index (χ0) is 15.6. The minimum Gasteiger partial charge on any atom is -0.481 e. The summed E-state index contributed by atoms with van der Waals surface area (Å²) in [6.07, 6.45) is 1.63. The summed E-state index contributed by atoms with van der Waals surface area (Å²) < 4.78 is 10.3. The van der Waals surface area contributed by atoms with Crippen molar-refractivity contribution in [2.24, 2.45) is 5.92 Å². The summed E-state index contributed by atoms with van der Waals surface area (Å²) in [5.41, 5.74) is -0.544. The Bertz CT molecular complexity index is 322. The van der Waals surface area contributed by atoms with Crippen LogP contribution >= 0.6 is 0 Å². The quantitative estimate of drug-likeness (QED) is 0.501. The molecule has 0 aromatic rings. The molecule has 0 bridgehead atoms. The van der Waals surface area contributed by atoms with Gasteiger partial charge in [0.2, 0.25) is 0 Å². The van der Waals surface area contributed by atoms with Gasteiger partial charge in [-0.25, -0.2) is 4.79 Å². The summed E-state index contributed by atoms with van der Waals surface area (Å²) >= 11 is 0. The molecule has 0 aromatic carbocycles. The van der Waals surface area contributed by atoms with Gasteiger partial charge in [0, 0.05) is 6.54 Å². The lowest BCUT2D eigenvalue weighted by molar-refractivity contribution is -0.138. The van der Waals surface area contributed by atoms with Crippen LogP contribution in [0.4, 0.5) is 4.79 Å². The van der Waals surface area contributed by atoms with Crippen LogP contribution in [0.5, 0.6) is 0 Å². The normalized spacial score (nSPS) is 12.6. The van der Waals surface area contributed by atoms with Crippen LogP contribution in [0.2, 0.25) is 0 Å². The Kier molecular flexibility index (Phi) is 8.63. The minimum atomic E-state index is -0.880. The van der Waals surface area contributed by atoms with Gasteiger partial charge in [0.25, 0.3) is 0 Å². The van der Waals surface area contributed by atoms with Crippen molar-refractivity contribution in [1.82, 2.24) is 5.32 Å². The highest BCUT2D eigenvalue weighted by Gasteiger charge is 2.17. The van der Waals surface area contributed by atoms with E-state index >= 15 is 0 Å². The van der Waals surface area contributed by atoms with Crippen molar-refractivity contribution in [2.75, 3.05) is 19.8 Å². The SMILES string of the molecule is C=CCOC[C@H](CCNC(=O)OC(C)(C)C)CC(=O)O. The topological polar surface area (TPSA) is 84.9 Å². The van der Waals surface area contributed by atoms with Gasteiger partial charge in [-0.05, 0) is 33.1 Å². The molecule has 0 radical (unpaired) electrons. The molecule has 0 aliphatic carbocycles. The largest absolute Gasteiger partial charge is 0.481 e. The van der Waals surface area contributed by atoms with E-state index < -0.39 is 17.7 Å². The van der Waals surface area contributed by atoms with Crippen LogP contribution in [-0.4, -0.2) is 42.5 Å². The zero-order valence-electron chi connectivity index (χ0n) is 12.5. The van der Waals surface area contributed by atoms with Crippen LogP contribution < -0.4 is 5.32 Å². The van der Waals surface area contributed by atoms with Crippen molar-refractivity contribution >= 4 is 12.1 Å². The molecule has 0 rings (SSSR count). The van der Waals surface area contributed by atoms with Crippen molar-refractivity contribution in [2.45, 2.75) is 39.2 Å². The summed E-state index contributed by atoms with van der Waals surface area (Å²) in [5.74, 6) is -1.03. The first-order valence-corrected chi connectivity index (χ1v) is 6.62. The van der Waals surface area contributed by atoms with E-state index in [1.165, 1.54) is 0 Å². The number of carbonyl (C=O) groups is 2. The molecule has 0 fully saturated rings. The van der Waals surface area contributed by atoms with E-state index in [-0.39, 0.29) is 12.3 Å². The van der Waals surface area contributed by atoms with Crippen molar-refractivity contribution in [3.8, 4) is 0 Å². The van der Waals surface area contributed by atoms with Gasteiger partial charge in [0.15, 0.2) is 0 Å². The highest BCUT2D eigenvalue weighted by Crippen LogP contribution is 2.10. The summed E-state index contributed by atoms with van der Waals surface area (Å²) in [4.78, 5) is 22.2. The Labute approximate surface area is 120 Å². The van der Waals surface area contributed by atoms with Gasteiger partial charge >= 0.3 is 12.1 Å². The number of carbonyl (C=O) groups excluding carboxylic acids is 1. The smallest absolute Gasteiger partial charge is 0.407 e. The number of hydrogen-bond acceptors (Lipinski definition) is 4. The Hall–Kier alpha value is -1.56. The molecule has 0 unspecified atom stereocenters. The Morgan fingerprint density at radius 2 is 2.05 bits per heavy atom. The molecule has 0 saturated carbocycles. The number of amides is 1. The third kappa shape index (κ3) is 11.5. The molecule has 1 amide bonds. The summed E-state index contributed by atoms with van der Waals surface area (Å²) in [6.45, 7) is 9.93. The van der Waals surface area contributed by atoms with Crippen molar-refractivity contribution in [3.05, 3.63) is 12.7 Å². The standard InChI is InChI=1S/C14H25NO5/c1-5-8-19-10-11(9-12(16)17)6-7-15-13(18)20-14(2,3)4/h5,11H,1,6-10H2,2-4H3,(H,15,18)(H,16,17)/t11-/m1/s1. The molecular formula is C14H25NO5. The molecule has 0 saturated heterocycles. The first-order chi connectivity index (χ1) is 9.24. The molecule has 0 spiro atoms. The number of alkyl carbamates (subject to hydrolysis) is 1. The van der Waals surface area contributed by atoms with E-state index in [9.17, 15) is 9.59 Å². The van der Waals surface area contributed by atoms with E-state index in [0.29, 0.717) is 26.2 Å². The van der Waals surface area contributed by atoms with Crippen molar-refractivity contribution in [1.29, 1.82) is 0 Å². The summed E-state index contributed by atoms with van der Waals surface area (Å²) in [7, 11) is 0. The number of hydrogen-bond donors (Lipinski definition) is 2. The van der Waals surface area contributed by atoms with Gasteiger partial charge < -0.3 is 19.9 Å². The maximum Gasteiger partial charge on any atom is 0.407 e.